The molecule has 6 nitrogen and oxygen atoms in total. The number of hydrogen-bond acceptors (Lipinski definition) is 3. The van der Waals surface area contributed by atoms with Crippen LogP contribution in [0.1, 0.15) is 38.8 Å². The number of amides is 1. The largest absolute Gasteiger partial charge is 0.465 e. The molecule has 0 radical (unpaired) electrons. The van der Waals surface area contributed by atoms with Gasteiger partial charge in [-0.15, -0.1) is 0 Å². The van der Waals surface area contributed by atoms with E-state index in [9.17, 15) is 15.0 Å². The van der Waals surface area contributed by atoms with Crippen molar-refractivity contribution in [3.05, 3.63) is 42.4 Å². The second kappa shape index (κ2) is 5.13. The highest BCUT2D eigenvalue weighted by Gasteiger charge is 2.70. The van der Waals surface area contributed by atoms with Gasteiger partial charge in [-0.2, -0.15) is 0 Å². The molecule has 3 aliphatic rings. The topological polar surface area (TPSA) is 78.6 Å². The van der Waals surface area contributed by atoms with Crippen LogP contribution in [0.25, 0.3) is 11.3 Å². The highest BCUT2D eigenvalue weighted by molar-refractivity contribution is 5.70. The van der Waals surface area contributed by atoms with E-state index in [1.54, 1.807) is 0 Å². The van der Waals surface area contributed by atoms with Gasteiger partial charge in [0, 0.05) is 29.5 Å². The Kier molecular flexibility index (Phi) is 3.19. The fourth-order valence-electron chi connectivity index (χ4n) is 6.16. The standard InChI is InChI=1S/C21H25N3O3/c1-20(2,3)18-21(10-23(18)19(26)27)8-14(17(21)25)16-13-7-5-4-6-12(13)15-9-22-11-24(15)16/h4-7,9,11,14,16-18,25H,8,10H2,1-3H3,(H,26,27). The van der Waals surface area contributed by atoms with Crippen molar-refractivity contribution in [2.24, 2.45) is 16.7 Å². The molecule has 6 heteroatoms. The van der Waals surface area contributed by atoms with Gasteiger partial charge in [-0.3, -0.25) is 0 Å². The van der Waals surface area contributed by atoms with E-state index in [1.807, 2.05) is 24.7 Å². The zero-order valence-electron chi connectivity index (χ0n) is 15.8. The van der Waals surface area contributed by atoms with Gasteiger partial charge in [0.05, 0.1) is 30.4 Å². The van der Waals surface area contributed by atoms with Gasteiger partial charge in [0.15, 0.2) is 0 Å². The number of hydrogen-bond donors (Lipinski definition) is 2. The minimum atomic E-state index is -0.890. The average molecular weight is 367 g/mol. The van der Waals surface area contributed by atoms with E-state index in [0.29, 0.717) is 6.54 Å². The van der Waals surface area contributed by atoms with Crippen LogP contribution in [-0.2, 0) is 0 Å². The van der Waals surface area contributed by atoms with Crippen LogP contribution in [0.2, 0.25) is 0 Å². The molecule has 1 spiro atoms. The summed E-state index contributed by atoms with van der Waals surface area (Å²) in [6.45, 7) is 6.61. The van der Waals surface area contributed by atoms with Crippen molar-refractivity contribution in [3.8, 4) is 11.3 Å². The number of rotatable bonds is 1. The maximum atomic E-state index is 11.6. The van der Waals surface area contributed by atoms with Crippen LogP contribution in [0.15, 0.2) is 36.8 Å². The molecule has 27 heavy (non-hydrogen) atoms. The second-order valence-corrected chi connectivity index (χ2v) is 9.44. The van der Waals surface area contributed by atoms with Gasteiger partial charge in [0.1, 0.15) is 0 Å². The maximum absolute atomic E-state index is 11.6. The molecule has 142 valence electrons. The van der Waals surface area contributed by atoms with Crippen molar-refractivity contribution < 1.29 is 15.0 Å². The van der Waals surface area contributed by atoms with E-state index in [-0.39, 0.29) is 28.8 Å². The molecule has 1 amide bonds. The summed E-state index contributed by atoms with van der Waals surface area (Å²) >= 11 is 0. The molecule has 2 N–H and O–H groups in total. The van der Waals surface area contributed by atoms with E-state index in [1.165, 1.54) is 16.0 Å². The van der Waals surface area contributed by atoms with Crippen LogP contribution in [0, 0.1) is 16.7 Å². The van der Waals surface area contributed by atoms with Gasteiger partial charge < -0.3 is 19.7 Å². The molecule has 5 unspecified atom stereocenters. The minimum Gasteiger partial charge on any atom is -0.465 e. The summed E-state index contributed by atoms with van der Waals surface area (Å²) in [5, 5.41) is 20.9. The Balaban J connectivity index is 1.49. The fourth-order valence-corrected chi connectivity index (χ4v) is 6.16. The van der Waals surface area contributed by atoms with Crippen molar-refractivity contribution in [3.63, 3.8) is 0 Å². The van der Waals surface area contributed by atoms with Crippen LogP contribution >= 0.6 is 0 Å². The van der Waals surface area contributed by atoms with E-state index in [0.717, 1.165) is 12.1 Å². The summed E-state index contributed by atoms with van der Waals surface area (Å²) < 4.78 is 2.17. The number of carboxylic acid groups (broad SMARTS) is 1. The monoisotopic (exact) mass is 367 g/mol. The van der Waals surface area contributed by atoms with Gasteiger partial charge in [0.25, 0.3) is 0 Å². The lowest BCUT2D eigenvalue weighted by Gasteiger charge is -2.70. The number of fused-ring (bicyclic) bond motifs is 3. The first-order valence-electron chi connectivity index (χ1n) is 9.54. The Morgan fingerprint density at radius 2 is 2.04 bits per heavy atom. The minimum absolute atomic E-state index is 0.0684. The van der Waals surface area contributed by atoms with Gasteiger partial charge in [-0.1, -0.05) is 45.0 Å². The van der Waals surface area contributed by atoms with E-state index >= 15 is 0 Å². The normalized spacial score (nSPS) is 34.0. The molecule has 5 rings (SSSR count). The fraction of sp³-hybridized carbons (Fsp3) is 0.524. The zero-order chi connectivity index (χ0) is 19.1. The Hall–Kier alpha value is -2.34. The van der Waals surface area contributed by atoms with Gasteiger partial charge >= 0.3 is 6.09 Å². The lowest BCUT2D eigenvalue weighted by molar-refractivity contribution is -0.251. The number of likely N-dealkylation sites (tertiary alicyclic amines) is 1. The molecular weight excluding hydrogens is 342 g/mol. The van der Waals surface area contributed by atoms with Crippen molar-refractivity contribution >= 4 is 6.09 Å². The average Bonchev–Trinajstić information content (AvgIpc) is 3.13. The predicted molar refractivity (Wildman–Crippen MR) is 100 cm³/mol. The van der Waals surface area contributed by atoms with Crippen LogP contribution in [-0.4, -0.2) is 49.4 Å². The van der Waals surface area contributed by atoms with Crippen LogP contribution < -0.4 is 0 Å². The van der Waals surface area contributed by atoms with Crippen LogP contribution in [0.3, 0.4) is 0 Å². The first kappa shape index (κ1) is 16.8. The number of aliphatic hydroxyl groups is 1. The molecular formula is C21H25N3O3. The summed E-state index contributed by atoms with van der Waals surface area (Å²) in [5.74, 6) is 0.0717. The van der Waals surface area contributed by atoms with Crippen LogP contribution in [0.4, 0.5) is 4.79 Å². The summed E-state index contributed by atoms with van der Waals surface area (Å²) in [7, 11) is 0. The SMILES string of the molecule is CC(C)(C)C1N(C(=O)O)CC12CC(C1c3ccccc3-c3cncn31)C2O. The predicted octanol–water partition coefficient (Wildman–Crippen LogP) is 3.23. The Labute approximate surface area is 158 Å². The van der Waals surface area contributed by atoms with Crippen molar-refractivity contribution in [2.75, 3.05) is 6.54 Å². The zero-order valence-corrected chi connectivity index (χ0v) is 15.8. The smallest absolute Gasteiger partial charge is 0.407 e. The van der Waals surface area contributed by atoms with Gasteiger partial charge in [0.2, 0.25) is 0 Å². The summed E-state index contributed by atoms with van der Waals surface area (Å²) in [5.41, 5.74) is 2.96. The summed E-state index contributed by atoms with van der Waals surface area (Å²) in [4.78, 5) is 17.5. The highest BCUT2D eigenvalue weighted by Crippen LogP contribution is 2.64. The molecule has 1 aromatic heterocycles. The number of aromatic nitrogens is 2. The van der Waals surface area contributed by atoms with Crippen molar-refractivity contribution in [1.82, 2.24) is 14.5 Å². The second-order valence-electron chi connectivity index (χ2n) is 9.44. The first-order chi connectivity index (χ1) is 12.8. The number of carbonyl (C=O) groups is 1. The molecule has 2 aliphatic heterocycles. The third-order valence-electron chi connectivity index (χ3n) is 6.92. The van der Waals surface area contributed by atoms with E-state index < -0.39 is 12.2 Å². The molecule has 1 saturated carbocycles. The number of nitrogens with zero attached hydrogens (tertiary/aromatic N) is 3. The molecule has 5 atom stereocenters. The number of benzene rings is 1. The molecule has 2 fully saturated rings. The number of imidazole rings is 1. The van der Waals surface area contributed by atoms with Gasteiger partial charge in [-0.05, 0) is 17.4 Å². The lowest BCUT2D eigenvalue weighted by atomic mass is 9.45. The summed E-state index contributed by atoms with van der Waals surface area (Å²) in [6.07, 6.45) is 3.15. The van der Waals surface area contributed by atoms with Crippen LogP contribution in [0.5, 0.6) is 0 Å². The molecule has 2 aromatic rings. The Bertz CT molecular complexity index is 931. The molecule has 1 aliphatic carbocycles. The summed E-state index contributed by atoms with van der Waals surface area (Å²) in [6, 6.07) is 8.23. The third kappa shape index (κ3) is 1.99. The van der Waals surface area contributed by atoms with E-state index in [2.05, 4.69) is 42.5 Å². The quantitative estimate of drug-likeness (QED) is 0.811. The highest BCUT2D eigenvalue weighted by atomic mass is 16.4. The molecule has 1 saturated heterocycles. The Morgan fingerprint density at radius 3 is 2.70 bits per heavy atom. The Morgan fingerprint density at radius 1 is 1.30 bits per heavy atom. The first-order valence-corrected chi connectivity index (χ1v) is 9.54. The lowest BCUT2D eigenvalue weighted by Crippen LogP contribution is -2.80. The van der Waals surface area contributed by atoms with Crippen molar-refractivity contribution in [1.29, 1.82) is 0 Å². The number of aliphatic hydroxyl groups excluding tert-OH is 1. The van der Waals surface area contributed by atoms with Gasteiger partial charge in [-0.25, -0.2) is 9.78 Å². The molecule has 1 aromatic carbocycles. The van der Waals surface area contributed by atoms with E-state index in [4.69, 9.17) is 0 Å². The van der Waals surface area contributed by atoms with Crippen molar-refractivity contribution in [2.45, 2.75) is 45.4 Å². The molecule has 0 bridgehead atoms. The molecule has 3 heterocycles. The maximum Gasteiger partial charge on any atom is 0.407 e. The third-order valence-corrected chi connectivity index (χ3v) is 6.92.